The normalized spacial score (nSPS) is 19.6. The molecular formula is C25H33FN6O. The van der Waals surface area contributed by atoms with Crippen molar-refractivity contribution < 1.29 is 9.18 Å². The number of hydrogen-bond donors (Lipinski definition) is 1. The van der Waals surface area contributed by atoms with E-state index in [9.17, 15) is 9.18 Å². The van der Waals surface area contributed by atoms with Crippen LogP contribution in [0.2, 0.25) is 0 Å². The first-order valence-corrected chi connectivity index (χ1v) is 12.3. The molecule has 2 aromatic rings. The first-order chi connectivity index (χ1) is 16.1. The maximum Gasteiger partial charge on any atom is 0.222 e. The molecule has 0 unspecified atom stereocenters. The Kier molecular flexibility index (Phi) is 6.60. The number of benzene rings is 1. The first-order valence-electron chi connectivity index (χ1n) is 12.3. The van der Waals surface area contributed by atoms with Crippen LogP contribution in [0, 0.1) is 11.7 Å². The number of anilines is 3. The molecule has 1 aromatic carbocycles. The van der Waals surface area contributed by atoms with E-state index in [4.69, 9.17) is 0 Å². The van der Waals surface area contributed by atoms with Gasteiger partial charge in [0.15, 0.2) is 0 Å². The fourth-order valence-corrected chi connectivity index (χ4v) is 4.84. The Morgan fingerprint density at radius 2 is 1.67 bits per heavy atom. The van der Waals surface area contributed by atoms with Crippen molar-refractivity contribution in [3.8, 4) is 0 Å². The standard InChI is InChI=1S/C25H33FN6O/c26-20-2-6-22(7-3-20)30-13-15-32(16-14-30)25(33)8-1-19-9-11-31(12-10-19)24-17-23(27-18-28-24)29-21-4-5-21/h2-3,6-7,17-19,21H,1,4-5,8-16H2,(H,27,28,29). The van der Waals surface area contributed by atoms with Gasteiger partial charge in [0.25, 0.3) is 0 Å². The number of halogens is 1. The number of piperazine rings is 1. The van der Waals surface area contributed by atoms with E-state index in [0.29, 0.717) is 18.4 Å². The summed E-state index contributed by atoms with van der Waals surface area (Å²) in [5, 5.41) is 3.44. The molecule has 7 nitrogen and oxygen atoms in total. The lowest BCUT2D eigenvalue weighted by atomic mass is 9.92. The molecule has 0 spiro atoms. The minimum absolute atomic E-state index is 0.217. The molecule has 5 rings (SSSR count). The zero-order valence-corrected chi connectivity index (χ0v) is 19.1. The zero-order valence-electron chi connectivity index (χ0n) is 19.1. The van der Waals surface area contributed by atoms with Gasteiger partial charge in [-0.2, -0.15) is 0 Å². The molecular weight excluding hydrogens is 419 g/mol. The van der Waals surface area contributed by atoms with Gasteiger partial charge in [0.2, 0.25) is 5.91 Å². The molecule has 1 N–H and O–H groups in total. The van der Waals surface area contributed by atoms with Crippen LogP contribution < -0.4 is 15.1 Å². The number of hydrogen-bond acceptors (Lipinski definition) is 6. The van der Waals surface area contributed by atoms with Crippen LogP contribution >= 0.6 is 0 Å². The van der Waals surface area contributed by atoms with E-state index in [0.717, 1.165) is 75.9 Å². The van der Waals surface area contributed by atoms with Crippen LogP contribution in [-0.2, 0) is 4.79 Å². The summed E-state index contributed by atoms with van der Waals surface area (Å²) in [6.07, 6.45) is 7.90. The van der Waals surface area contributed by atoms with Crippen LogP contribution in [0.4, 0.5) is 21.7 Å². The molecule has 1 amide bonds. The molecule has 8 heteroatoms. The van der Waals surface area contributed by atoms with E-state index in [1.807, 2.05) is 17.0 Å². The Morgan fingerprint density at radius 1 is 0.939 bits per heavy atom. The van der Waals surface area contributed by atoms with Gasteiger partial charge in [0, 0.05) is 63.5 Å². The van der Waals surface area contributed by atoms with Gasteiger partial charge in [-0.3, -0.25) is 4.79 Å². The molecule has 1 saturated carbocycles. The van der Waals surface area contributed by atoms with Crippen LogP contribution in [0.15, 0.2) is 36.7 Å². The Labute approximate surface area is 195 Å². The lowest BCUT2D eigenvalue weighted by molar-refractivity contribution is -0.131. The maximum absolute atomic E-state index is 13.1. The van der Waals surface area contributed by atoms with E-state index < -0.39 is 0 Å². The summed E-state index contributed by atoms with van der Waals surface area (Å²) in [4.78, 5) is 28.1. The fraction of sp³-hybridized carbons (Fsp3) is 0.560. The predicted molar refractivity (Wildman–Crippen MR) is 128 cm³/mol. The Hall–Kier alpha value is -2.90. The van der Waals surface area contributed by atoms with Crippen molar-refractivity contribution in [1.82, 2.24) is 14.9 Å². The number of rotatable bonds is 7. The minimum atomic E-state index is -0.217. The highest BCUT2D eigenvalue weighted by Crippen LogP contribution is 2.28. The van der Waals surface area contributed by atoms with Gasteiger partial charge >= 0.3 is 0 Å². The van der Waals surface area contributed by atoms with Gasteiger partial charge in [0.1, 0.15) is 23.8 Å². The number of piperidine rings is 1. The number of amides is 1. The van der Waals surface area contributed by atoms with Gasteiger partial charge in [-0.15, -0.1) is 0 Å². The van der Waals surface area contributed by atoms with Gasteiger partial charge in [0.05, 0.1) is 0 Å². The number of nitrogens with zero attached hydrogens (tertiary/aromatic N) is 5. The first kappa shape index (κ1) is 21.9. The molecule has 1 aliphatic carbocycles. The summed E-state index contributed by atoms with van der Waals surface area (Å²) in [6, 6.07) is 9.26. The van der Waals surface area contributed by atoms with Crippen molar-refractivity contribution >= 4 is 23.2 Å². The van der Waals surface area contributed by atoms with Crippen LogP contribution in [0.25, 0.3) is 0 Å². The van der Waals surface area contributed by atoms with Crippen LogP contribution in [-0.4, -0.2) is 66.1 Å². The number of nitrogens with one attached hydrogen (secondary N) is 1. The van der Waals surface area contributed by atoms with E-state index in [1.165, 1.54) is 25.0 Å². The number of carbonyl (C=O) groups is 1. The van der Waals surface area contributed by atoms with Crippen molar-refractivity contribution in [2.75, 3.05) is 54.4 Å². The summed E-state index contributed by atoms with van der Waals surface area (Å²) in [6.45, 7) is 5.03. The smallest absolute Gasteiger partial charge is 0.222 e. The Morgan fingerprint density at radius 3 is 2.36 bits per heavy atom. The minimum Gasteiger partial charge on any atom is -0.368 e. The molecule has 176 valence electrons. The Balaban J connectivity index is 1.03. The van der Waals surface area contributed by atoms with Gasteiger partial charge in [-0.1, -0.05) is 0 Å². The highest BCUT2D eigenvalue weighted by molar-refractivity contribution is 5.76. The third kappa shape index (κ3) is 5.72. The molecule has 2 saturated heterocycles. The summed E-state index contributed by atoms with van der Waals surface area (Å²) in [5.41, 5.74) is 1.02. The highest BCUT2D eigenvalue weighted by atomic mass is 19.1. The van der Waals surface area contributed by atoms with Gasteiger partial charge < -0.3 is 20.0 Å². The van der Waals surface area contributed by atoms with Crippen molar-refractivity contribution in [2.45, 2.75) is 44.6 Å². The van der Waals surface area contributed by atoms with E-state index in [1.54, 1.807) is 6.33 Å². The highest BCUT2D eigenvalue weighted by Gasteiger charge is 2.25. The van der Waals surface area contributed by atoms with E-state index >= 15 is 0 Å². The average Bonchev–Trinajstić information content (AvgIpc) is 3.68. The second kappa shape index (κ2) is 9.93. The quantitative estimate of drug-likeness (QED) is 0.693. The van der Waals surface area contributed by atoms with Crippen molar-refractivity contribution in [3.63, 3.8) is 0 Å². The second-order valence-corrected chi connectivity index (χ2v) is 9.49. The van der Waals surface area contributed by atoms with E-state index in [-0.39, 0.29) is 11.7 Å². The summed E-state index contributed by atoms with van der Waals surface area (Å²) in [7, 11) is 0. The largest absolute Gasteiger partial charge is 0.368 e. The Bertz CT molecular complexity index is 934. The molecule has 0 radical (unpaired) electrons. The number of carbonyl (C=O) groups excluding carboxylic acids is 1. The third-order valence-electron chi connectivity index (χ3n) is 7.11. The molecule has 0 atom stereocenters. The SMILES string of the molecule is O=C(CCC1CCN(c2cc(NC3CC3)ncn2)CC1)N1CCN(c2ccc(F)cc2)CC1. The zero-order chi connectivity index (χ0) is 22.6. The van der Waals surface area contributed by atoms with Gasteiger partial charge in [-0.05, 0) is 62.3 Å². The van der Waals surface area contributed by atoms with Crippen LogP contribution in [0.5, 0.6) is 0 Å². The van der Waals surface area contributed by atoms with Gasteiger partial charge in [-0.25, -0.2) is 14.4 Å². The number of aromatic nitrogens is 2. The molecule has 0 bridgehead atoms. The molecule has 2 aliphatic heterocycles. The second-order valence-electron chi connectivity index (χ2n) is 9.49. The topological polar surface area (TPSA) is 64.6 Å². The van der Waals surface area contributed by atoms with Crippen LogP contribution in [0.1, 0.15) is 38.5 Å². The van der Waals surface area contributed by atoms with E-state index in [2.05, 4.69) is 31.2 Å². The molecule has 1 aromatic heterocycles. The van der Waals surface area contributed by atoms with Crippen molar-refractivity contribution in [2.24, 2.45) is 5.92 Å². The summed E-state index contributed by atoms with van der Waals surface area (Å²) < 4.78 is 13.1. The van der Waals surface area contributed by atoms with Crippen LogP contribution in [0.3, 0.4) is 0 Å². The third-order valence-corrected chi connectivity index (χ3v) is 7.11. The lowest BCUT2D eigenvalue weighted by Gasteiger charge is -2.37. The van der Waals surface area contributed by atoms with Crippen molar-refractivity contribution in [1.29, 1.82) is 0 Å². The fourth-order valence-electron chi connectivity index (χ4n) is 4.84. The summed E-state index contributed by atoms with van der Waals surface area (Å²) in [5.74, 6) is 2.57. The predicted octanol–water partition coefficient (Wildman–Crippen LogP) is 3.54. The molecule has 3 aliphatic rings. The maximum atomic E-state index is 13.1. The lowest BCUT2D eigenvalue weighted by Crippen LogP contribution is -2.48. The monoisotopic (exact) mass is 452 g/mol. The van der Waals surface area contributed by atoms with Crippen molar-refractivity contribution in [3.05, 3.63) is 42.5 Å². The average molecular weight is 453 g/mol. The molecule has 3 fully saturated rings. The molecule has 33 heavy (non-hydrogen) atoms. The summed E-state index contributed by atoms with van der Waals surface area (Å²) >= 11 is 0. The molecule has 3 heterocycles.